The van der Waals surface area contributed by atoms with Crippen LogP contribution in [0.15, 0.2) is 78.9 Å². The fourth-order valence-corrected chi connectivity index (χ4v) is 3.89. The van der Waals surface area contributed by atoms with Gasteiger partial charge in [0, 0.05) is 19.7 Å². The molecule has 0 aliphatic heterocycles. The van der Waals surface area contributed by atoms with Crippen molar-refractivity contribution in [3.63, 3.8) is 0 Å². The number of rotatable bonds is 13. The molecule has 1 N–H and O–H groups in total. The third-order valence-electron chi connectivity index (χ3n) is 5.52. The number of amides is 2. The van der Waals surface area contributed by atoms with Gasteiger partial charge in [-0.1, -0.05) is 66.2 Å². The normalized spacial score (nSPS) is 11.7. The fraction of sp³-hybridized carbons (Fsp3) is 0.310. The van der Waals surface area contributed by atoms with Crippen LogP contribution in [0.25, 0.3) is 0 Å². The van der Waals surface area contributed by atoms with Crippen molar-refractivity contribution in [2.24, 2.45) is 0 Å². The number of hydrogen-bond donors (Lipinski definition) is 1. The molecule has 0 heterocycles. The molecule has 1 atom stereocenters. The number of halogens is 2. The van der Waals surface area contributed by atoms with Crippen LogP contribution >= 0.6 is 11.6 Å². The number of carbonyl (C=O) groups excluding carboxylic acids is 2. The highest BCUT2D eigenvalue weighted by molar-refractivity contribution is 6.32. The SMILES string of the molecule is CC(C)OCCCNC(=O)C(c1ccccc1)N(Cc1ccc(F)cc1)C(=O)COc1ccccc1Cl. The minimum Gasteiger partial charge on any atom is -0.482 e. The first kappa shape index (κ1) is 28.2. The average molecular weight is 527 g/mol. The molecule has 0 saturated carbocycles. The number of hydrogen-bond acceptors (Lipinski definition) is 4. The molecule has 1 unspecified atom stereocenters. The quantitative estimate of drug-likeness (QED) is 0.296. The molecule has 3 aromatic carbocycles. The minimum atomic E-state index is -0.931. The van der Waals surface area contributed by atoms with E-state index in [0.717, 1.165) is 0 Å². The van der Waals surface area contributed by atoms with Crippen LogP contribution in [-0.4, -0.2) is 42.6 Å². The standard InChI is InChI=1S/C29H32ClFN2O4/c1-21(2)36-18-8-17-32-29(35)28(23-9-4-3-5-10-23)33(19-22-13-15-24(31)16-14-22)27(34)20-37-26-12-7-6-11-25(26)30/h3-7,9-16,21,28H,8,17-20H2,1-2H3,(H,32,35). The van der Waals surface area contributed by atoms with Gasteiger partial charge in [0.25, 0.3) is 5.91 Å². The Labute approximate surface area is 222 Å². The summed E-state index contributed by atoms with van der Waals surface area (Å²) in [5, 5.41) is 3.31. The van der Waals surface area contributed by atoms with Gasteiger partial charge in [-0.15, -0.1) is 0 Å². The molecule has 0 aliphatic rings. The number of benzene rings is 3. The predicted molar refractivity (Wildman–Crippen MR) is 142 cm³/mol. The van der Waals surface area contributed by atoms with Crippen LogP contribution in [0.5, 0.6) is 5.75 Å². The lowest BCUT2D eigenvalue weighted by atomic mass is 10.0. The molecule has 196 valence electrons. The second-order valence-electron chi connectivity index (χ2n) is 8.74. The number of carbonyl (C=O) groups is 2. The highest BCUT2D eigenvalue weighted by atomic mass is 35.5. The Kier molecular flexibility index (Phi) is 10.9. The van der Waals surface area contributed by atoms with Crippen LogP contribution in [-0.2, 0) is 20.9 Å². The van der Waals surface area contributed by atoms with Crippen LogP contribution in [0.3, 0.4) is 0 Å². The van der Waals surface area contributed by atoms with Gasteiger partial charge >= 0.3 is 0 Å². The Hall–Kier alpha value is -3.42. The maximum atomic E-state index is 13.6. The third kappa shape index (κ3) is 8.88. The van der Waals surface area contributed by atoms with Crippen molar-refractivity contribution in [3.05, 3.63) is 101 Å². The first-order valence-corrected chi connectivity index (χ1v) is 12.6. The van der Waals surface area contributed by atoms with E-state index >= 15 is 0 Å². The Balaban J connectivity index is 1.85. The van der Waals surface area contributed by atoms with Gasteiger partial charge in [-0.2, -0.15) is 0 Å². The summed E-state index contributed by atoms with van der Waals surface area (Å²) < 4.78 is 24.8. The van der Waals surface area contributed by atoms with Gasteiger partial charge in [0.05, 0.1) is 11.1 Å². The van der Waals surface area contributed by atoms with E-state index in [4.69, 9.17) is 21.1 Å². The molecule has 3 rings (SSSR count). The Bertz CT molecular complexity index is 1140. The summed E-state index contributed by atoms with van der Waals surface area (Å²) in [5.74, 6) is -0.768. The first-order valence-electron chi connectivity index (χ1n) is 12.2. The predicted octanol–water partition coefficient (Wildman–Crippen LogP) is 5.56. The van der Waals surface area contributed by atoms with E-state index in [-0.39, 0.29) is 31.0 Å². The lowest BCUT2D eigenvalue weighted by Crippen LogP contribution is -2.45. The van der Waals surface area contributed by atoms with Gasteiger partial charge < -0.3 is 19.7 Å². The Morgan fingerprint density at radius 2 is 1.65 bits per heavy atom. The molecule has 0 spiro atoms. The molecule has 2 amide bonds. The number of ether oxygens (including phenoxy) is 2. The largest absolute Gasteiger partial charge is 0.482 e. The molecule has 0 saturated heterocycles. The van der Waals surface area contributed by atoms with Crippen molar-refractivity contribution in [1.82, 2.24) is 10.2 Å². The summed E-state index contributed by atoms with van der Waals surface area (Å²) in [6, 6.07) is 20.8. The third-order valence-corrected chi connectivity index (χ3v) is 5.83. The molecule has 0 bridgehead atoms. The molecule has 3 aromatic rings. The summed E-state index contributed by atoms with van der Waals surface area (Å²) in [5.41, 5.74) is 1.32. The molecule has 6 nitrogen and oxygen atoms in total. The van der Waals surface area contributed by atoms with Gasteiger partial charge in [0.2, 0.25) is 5.91 Å². The van der Waals surface area contributed by atoms with Crippen molar-refractivity contribution in [3.8, 4) is 5.75 Å². The van der Waals surface area contributed by atoms with Gasteiger partial charge in [-0.3, -0.25) is 9.59 Å². The first-order chi connectivity index (χ1) is 17.8. The lowest BCUT2D eigenvalue weighted by Gasteiger charge is -2.31. The average Bonchev–Trinajstić information content (AvgIpc) is 2.89. The molecule has 37 heavy (non-hydrogen) atoms. The zero-order valence-corrected chi connectivity index (χ0v) is 21.8. The van der Waals surface area contributed by atoms with E-state index in [1.165, 1.54) is 17.0 Å². The van der Waals surface area contributed by atoms with Gasteiger partial charge in [-0.25, -0.2) is 4.39 Å². The highest BCUT2D eigenvalue weighted by Crippen LogP contribution is 2.26. The minimum absolute atomic E-state index is 0.0778. The maximum Gasteiger partial charge on any atom is 0.261 e. The maximum absolute atomic E-state index is 13.6. The fourth-order valence-electron chi connectivity index (χ4n) is 3.70. The number of nitrogens with zero attached hydrogens (tertiary/aromatic N) is 1. The van der Waals surface area contributed by atoms with Crippen molar-refractivity contribution in [1.29, 1.82) is 0 Å². The van der Waals surface area contributed by atoms with Crippen molar-refractivity contribution < 1.29 is 23.5 Å². The number of para-hydroxylation sites is 1. The number of nitrogens with one attached hydrogen (secondary N) is 1. The zero-order valence-electron chi connectivity index (χ0n) is 21.0. The molecule has 0 aliphatic carbocycles. The molecule has 0 fully saturated rings. The van der Waals surface area contributed by atoms with Gasteiger partial charge in [0.1, 0.15) is 17.6 Å². The van der Waals surface area contributed by atoms with Crippen LogP contribution in [0.1, 0.15) is 37.4 Å². The summed E-state index contributed by atoms with van der Waals surface area (Å²) in [6.07, 6.45) is 0.738. The van der Waals surface area contributed by atoms with Crippen LogP contribution in [0.4, 0.5) is 4.39 Å². The molecular weight excluding hydrogens is 495 g/mol. The summed E-state index contributed by atoms with van der Waals surface area (Å²) >= 11 is 6.18. The second-order valence-corrected chi connectivity index (χ2v) is 9.15. The summed E-state index contributed by atoms with van der Waals surface area (Å²) in [6.45, 7) is 4.56. The van der Waals surface area contributed by atoms with Crippen LogP contribution in [0, 0.1) is 5.82 Å². The van der Waals surface area contributed by atoms with E-state index in [2.05, 4.69) is 5.32 Å². The summed E-state index contributed by atoms with van der Waals surface area (Å²) in [7, 11) is 0. The Morgan fingerprint density at radius 3 is 2.32 bits per heavy atom. The van der Waals surface area contributed by atoms with Crippen LogP contribution in [0.2, 0.25) is 5.02 Å². The van der Waals surface area contributed by atoms with Crippen molar-refractivity contribution in [2.75, 3.05) is 19.8 Å². The van der Waals surface area contributed by atoms with Crippen molar-refractivity contribution >= 4 is 23.4 Å². The Morgan fingerprint density at radius 1 is 0.973 bits per heavy atom. The van der Waals surface area contributed by atoms with Crippen molar-refractivity contribution in [2.45, 2.75) is 39.0 Å². The van der Waals surface area contributed by atoms with E-state index < -0.39 is 11.9 Å². The van der Waals surface area contributed by atoms with E-state index in [1.807, 2.05) is 32.0 Å². The van der Waals surface area contributed by atoms with Crippen LogP contribution < -0.4 is 10.1 Å². The molecule has 0 aromatic heterocycles. The van der Waals surface area contributed by atoms with Gasteiger partial charge in [0.15, 0.2) is 6.61 Å². The second kappa shape index (κ2) is 14.4. The van der Waals surface area contributed by atoms with E-state index in [0.29, 0.717) is 41.5 Å². The molecular formula is C29H32ClFN2O4. The van der Waals surface area contributed by atoms with E-state index in [1.54, 1.807) is 48.5 Å². The monoisotopic (exact) mass is 526 g/mol. The summed E-state index contributed by atoms with van der Waals surface area (Å²) in [4.78, 5) is 28.5. The van der Waals surface area contributed by atoms with Gasteiger partial charge in [-0.05, 0) is 55.7 Å². The highest BCUT2D eigenvalue weighted by Gasteiger charge is 2.31. The zero-order chi connectivity index (χ0) is 26.6. The van der Waals surface area contributed by atoms with E-state index in [9.17, 15) is 14.0 Å². The molecule has 0 radical (unpaired) electrons. The topological polar surface area (TPSA) is 67.9 Å². The smallest absolute Gasteiger partial charge is 0.261 e. The molecule has 8 heteroatoms. The lowest BCUT2D eigenvalue weighted by molar-refractivity contribution is -0.143.